The molecule has 9 nitrogen and oxygen atoms in total. The fourth-order valence-electron chi connectivity index (χ4n) is 9.55. The second-order valence-electron chi connectivity index (χ2n) is 19.3. The van der Waals surface area contributed by atoms with Gasteiger partial charge in [0.2, 0.25) is 0 Å². The molecule has 0 saturated carbocycles. The van der Waals surface area contributed by atoms with E-state index < -0.39 is 0 Å². The Morgan fingerprint density at radius 3 is 1.18 bits per heavy atom. The molecule has 0 saturated heterocycles. The van der Waals surface area contributed by atoms with E-state index in [9.17, 15) is 0 Å². The van der Waals surface area contributed by atoms with E-state index in [4.69, 9.17) is 28.9 Å². The lowest BCUT2D eigenvalue weighted by Crippen LogP contribution is -2.19. The van der Waals surface area contributed by atoms with E-state index in [2.05, 4.69) is 171 Å². The van der Waals surface area contributed by atoms with Crippen LogP contribution in [0.2, 0.25) is 0 Å². The zero-order chi connectivity index (χ0) is 50.4. The lowest BCUT2D eigenvalue weighted by Gasteiger charge is -2.12. The third kappa shape index (κ3) is 12.6. The van der Waals surface area contributed by atoms with Gasteiger partial charge in [0.25, 0.3) is 0 Å². The Hall–Kier alpha value is -7.36. The van der Waals surface area contributed by atoms with Crippen molar-refractivity contribution in [2.75, 3.05) is 47.1 Å². The van der Waals surface area contributed by atoms with Crippen LogP contribution in [0.5, 0.6) is 23.0 Å². The molecule has 3 aromatic heterocycles. The summed E-state index contributed by atoms with van der Waals surface area (Å²) in [6.45, 7) is 9.89. The summed E-state index contributed by atoms with van der Waals surface area (Å²) >= 11 is 0. The van der Waals surface area contributed by atoms with E-state index >= 15 is 0 Å². The van der Waals surface area contributed by atoms with E-state index in [-0.39, 0.29) is 0 Å². The second-order valence-corrected chi connectivity index (χ2v) is 19.3. The Bertz CT molecular complexity index is 3180. The summed E-state index contributed by atoms with van der Waals surface area (Å²) in [4.78, 5) is 21.0. The predicted octanol–water partition coefficient (Wildman–Crippen LogP) is 16.4. The van der Waals surface area contributed by atoms with Crippen LogP contribution in [-0.2, 0) is 0 Å². The van der Waals surface area contributed by atoms with Crippen LogP contribution >= 0.6 is 0 Å². The minimum absolute atomic E-state index is 0.573. The van der Waals surface area contributed by atoms with Gasteiger partial charge in [-0.3, -0.25) is 0 Å². The number of nitrogens with one attached hydrogen (secondary N) is 2. The highest BCUT2D eigenvalue weighted by molar-refractivity contribution is 6.00. The first kappa shape index (κ1) is 50.6. The van der Waals surface area contributed by atoms with E-state index in [0.29, 0.717) is 26.4 Å². The topological polar surface area (TPSA) is 97.5 Å². The molecule has 0 spiro atoms. The monoisotopic (exact) mass is 974 g/mol. The van der Waals surface area contributed by atoms with Crippen LogP contribution in [-0.4, -0.2) is 71.9 Å². The molecule has 4 aromatic carbocycles. The SMILES string of the molecule is CCCCCCCCCCOc1ccc(-c2c3nc(c(-c4cccc(OCCN(C)C)c4)c4ccc([nH]4)c(-c4ccc(OCCC)cc4)c4nc(c(-c5cccc(OCCC)c5)c5ccc2[nH]5)C=C4)C=C3)cc1. The molecule has 9 heteroatoms. The largest absolute Gasteiger partial charge is 0.494 e. The molecule has 7 aromatic rings. The number of hydrogen-bond donors (Lipinski definition) is 2. The summed E-state index contributed by atoms with van der Waals surface area (Å²) in [5, 5.41) is 0. The number of aromatic amines is 2. The molecule has 0 aliphatic carbocycles. The number of ether oxygens (including phenoxy) is 4. The summed E-state index contributed by atoms with van der Waals surface area (Å²) in [6.07, 6.45) is 20.5. The lowest BCUT2D eigenvalue weighted by molar-refractivity contribution is 0.261. The molecule has 2 aliphatic rings. The van der Waals surface area contributed by atoms with Crippen LogP contribution in [0, 0.1) is 0 Å². The van der Waals surface area contributed by atoms with Crippen LogP contribution in [0.3, 0.4) is 0 Å². The number of H-pyrrole nitrogens is 2. The van der Waals surface area contributed by atoms with Crippen molar-refractivity contribution in [3.8, 4) is 67.5 Å². The molecule has 5 heterocycles. The first-order valence-corrected chi connectivity index (χ1v) is 26.6. The molecule has 8 bridgehead atoms. The van der Waals surface area contributed by atoms with E-state index in [1.165, 1.54) is 44.9 Å². The molecule has 73 heavy (non-hydrogen) atoms. The van der Waals surface area contributed by atoms with Crippen molar-refractivity contribution in [2.45, 2.75) is 85.0 Å². The Morgan fingerprint density at radius 2 is 0.753 bits per heavy atom. The standard InChI is InChI=1S/C64H71N5O4/c1-6-9-10-11-12-13-14-15-41-72-50-28-24-46(25-29-50)62-55-31-35-58(66-55)63(47-18-16-20-51(43-47)71-40-8-3)57-34-30-53(65-57)61(45-22-26-49(27-23-45)70-39-7-2)54-32-36-59(67-54)64(60-37-33-56(62)68-60)48-19-17-21-52(44-48)73-42-38-69(4)5/h16-37,43-44,66-67H,6-15,38-42H2,1-5H3. The minimum Gasteiger partial charge on any atom is -0.494 e. The number of likely N-dealkylation sites (N-methyl/N-ethyl adjacent to an activating group) is 1. The highest BCUT2D eigenvalue weighted by atomic mass is 16.5. The fraction of sp³-hybridized carbons (Fsp3) is 0.312. The Labute approximate surface area is 432 Å². The molecule has 2 N–H and O–H groups in total. The maximum atomic E-state index is 6.33. The number of fused-ring (bicyclic) bond motifs is 8. The summed E-state index contributed by atoms with van der Waals surface area (Å²) in [5.41, 5.74) is 14.9. The van der Waals surface area contributed by atoms with Gasteiger partial charge in [0.05, 0.1) is 42.6 Å². The molecular formula is C64H71N5O4. The zero-order valence-corrected chi connectivity index (χ0v) is 43.4. The molecular weight excluding hydrogens is 903 g/mol. The van der Waals surface area contributed by atoms with Crippen LogP contribution < -0.4 is 18.9 Å². The minimum atomic E-state index is 0.573. The van der Waals surface area contributed by atoms with Crippen molar-refractivity contribution in [1.82, 2.24) is 24.8 Å². The smallest absolute Gasteiger partial charge is 0.119 e. The van der Waals surface area contributed by atoms with E-state index in [1.807, 2.05) is 24.3 Å². The van der Waals surface area contributed by atoms with Crippen LogP contribution in [0.1, 0.15) is 108 Å². The van der Waals surface area contributed by atoms with E-state index in [0.717, 1.165) is 138 Å². The number of benzene rings is 4. The van der Waals surface area contributed by atoms with E-state index in [1.54, 1.807) is 0 Å². The van der Waals surface area contributed by atoms with Crippen molar-refractivity contribution in [2.24, 2.45) is 0 Å². The van der Waals surface area contributed by atoms with Gasteiger partial charge >= 0.3 is 0 Å². The van der Waals surface area contributed by atoms with Gasteiger partial charge in [-0.15, -0.1) is 0 Å². The number of aromatic nitrogens is 4. The van der Waals surface area contributed by atoms with Gasteiger partial charge in [-0.1, -0.05) is 114 Å². The molecule has 0 atom stereocenters. The van der Waals surface area contributed by atoms with Gasteiger partial charge < -0.3 is 33.8 Å². The highest BCUT2D eigenvalue weighted by Crippen LogP contribution is 2.40. The van der Waals surface area contributed by atoms with Gasteiger partial charge in [0.15, 0.2) is 0 Å². The van der Waals surface area contributed by atoms with Gasteiger partial charge in [-0.25, -0.2) is 9.97 Å². The maximum absolute atomic E-state index is 6.33. The average molecular weight is 974 g/mol. The van der Waals surface area contributed by atoms with Crippen molar-refractivity contribution in [1.29, 1.82) is 0 Å². The van der Waals surface area contributed by atoms with Crippen LogP contribution in [0.25, 0.3) is 90.9 Å². The second kappa shape index (κ2) is 24.9. The third-order valence-electron chi connectivity index (χ3n) is 13.3. The first-order valence-electron chi connectivity index (χ1n) is 26.6. The van der Waals surface area contributed by atoms with Gasteiger partial charge in [0, 0.05) is 50.9 Å². The van der Waals surface area contributed by atoms with Gasteiger partial charge in [-0.05, 0) is 153 Å². The number of hydrogen-bond acceptors (Lipinski definition) is 7. The van der Waals surface area contributed by atoms with Crippen molar-refractivity contribution < 1.29 is 18.9 Å². The van der Waals surface area contributed by atoms with Crippen molar-refractivity contribution in [3.63, 3.8) is 0 Å². The quantitative estimate of drug-likeness (QED) is 0.0582. The number of nitrogens with zero attached hydrogens (tertiary/aromatic N) is 3. The molecule has 0 fully saturated rings. The summed E-state index contributed by atoms with van der Waals surface area (Å²) < 4.78 is 24.9. The predicted molar refractivity (Wildman–Crippen MR) is 304 cm³/mol. The molecule has 9 rings (SSSR count). The van der Waals surface area contributed by atoms with Crippen LogP contribution in [0.4, 0.5) is 0 Å². The summed E-state index contributed by atoms with van der Waals surface area (Å²) in [5.74, 6) is 3.32. The zero-order valence-electron chi connectivity index (χ0n) is 43.4. The number of rotatable bonds is 24. The van der Waals surface area contributed by atoms with Crippen molar-refractivity contribution >= 4 is 46.4 Å². The first-order chi connectivity index (χ1) is 35.9. The normalized spacial score (nSPS) is 11.9. The lowest BCUT2D eigenvalue weighted by atomic mass is 10.0. The average Bonchev–Trinajstić information content (AvgIpc) is 4.27. The maximum Gasteiger partial charge on any atom is 0.119 e. The fourth-order valence-corrected chi connectivity index (χ4v) is 9.55. The van der Waals surface area contributed by atoms with Crippen molar-refractivity contribution in [3.05, 3.63) is 144 Å². The molecule has 0 unspecified atom stereocenters. The highest BCUT2D eigenvalue weighted by Gasteiger charge is 2.20. The summed E-state index contributed by atoms with van der Waals surface area (Å²) in [6, 6.07) is 42.2. The Balaban J connectivity index is 1.25. The Morgan fingerprint density at radius 1 is 0.370 bits per heavy atom. The van der Waals surface area contributed by atoms with Gasteiger partial charge in [0.1, 0.15) is 29.6 Å². The summed E-state index contributed by atoms with van der Waals surface area (Å²) in [7, 11) is 4.11. The Kier molecular flexibility index (Phi) is 17.2. The third-order valence-corrected chi connectivity index (χ3v) is 13.3. The number of unbranched alkanes of at least 4 members (excludes halogenated alkanes) is 7. The molecule has 0 radical (unpaired) electrons. The molecule has 0 amide bonds. The molecule has 2 aliphatic heterocycles. The molecule has 376 valence electrons. The van der Waals surface area contributed by atoms with Gasteiger partial charge in [-0.2, -0.15) is 0 Å². The van der Waals surface area contributed by atoms with Crippen LogP contribution in [0.15, 0.2) is 121 Å².